The van der Waals surface area contributed by atoms with Crippen molar-refractivity contribution in [3.05, 3.63) is 29.5 Å². The highest BCUT2D eigenvalue weighted by Gasteiger charge is 2.17. The fourth-order valence-electron chi connectivity index (χ4n) is 2.74. The molecule has 98 valence electrons. The van der Waals surface area contributed by atoms with Crippen LogP contribution in [0.4, 0.5) is 0 Å². The van der Waals surface area contributed by atoms with Gasteiger partial charge < -0.3 is 14.6 Å². The van der Waals surface area contributed by atoms with E-state index >= 15 is 0 Å². The molecule has 3 heteroatoms. The molecule has 2 rings (SSSR count). The molecule has 0 aliphatic rings. The van der Waals surface area contributed by atoms with E-state index in [0.717, 1.165) is 12.3 Å². The molecule has 1 aromatic carbocycles. The first-order valence-electron chi connectivity index (χ1n) is 6.40. The molecule has 0 aliphatic heterocycles. The molecule has 0 unspecified atom stereocenters. The van der Waals surface area contributed by atoms with Gasteiger partial charge in [-0.25, -0.2) is 0 Å². The number of aromatic nitrogens is 1. The summed E-state index contributed by atoms with van der Waals surface area (Å²) in [5, 5.41) is 4.56. The molecule has 18 heavy (non-hydrogen) atoms. The molecule has 0 aliphatic carbocycles. The van der Waals surface area contributed by atoms with Crippen LogP contribution in [-0.2, 0) is 13.6 Å². The molecule has 0 radical (unpaired) electrons. The Labute approximate surface area is 109 Å². The van der Waals surface area contributed by atoms with E-state index in [2.05, 4.69) is 42.9 Å². The number of benzene rings is 1. The van der Waals surface area contributed by atoms with Gasteiger partial charge in [0.25, 0.3) is 0 Å². The number of nitrogens with zero attached hydrogens (tertiary/aromatic N) is 1. The zero-order valence-electron chi connectivity index (χ0n) is 11.9. The van der Waals surface area contributed by atoms with Crippen molar-refractivity contribution in [3.8, 4) is 5.75 Å². The standard InChI is InChI=1S/C15H22N2O/c1-10(2)15-13(9-16-3)12-8-11(18-5)6-7-14(12)17(15)4/h6-8,10,16H,9H2,1-5H3. The van der Waals surface area contributed by atoms with Crippen LogP contribution in [-0.4, -0.2) is 18.7 Å². The third-order valence-electron chi connectivity index (χ3n) is 3.46. The summed E-state index contributed by atoms with van der Waals surface area (Å²) >= 11 is 0. The Kier molecular flexibility index (Phi) is 3.62. The largest absolute Gasteiger partial charge is 0.497 e. The summed E-state index contributed by atoms with van der Waals surface area (Å²) in [5.41, 5.74) is 4.04. The SMILES string of the molecule is CNCc1c(C(C)C)n(C)c2ccc(OC)cc12. The number of hydrogen-bond acceptors (Lipinski definition) is 2. The smallest absolute Gasteiger partial charge is 0.119 e. The Bertz CT molecular complexity index is 555. The van der Waals surface area contributed by atoms with Crippen molar-refractivity contribution in [3.63, 3.8) is 0 Å². The number of fused-ring (bicyclic) bond motifs is 1. The van der Waals surface area contributed by atoms with E-state index in [1.54, 1.807) is 7.11 Å². The Balaban J connectivity index is 2.75. The molecule has 1 N–H and O–H groups in total. The first-order valence-corrected chi connectivity index (χ1v) is 6.40. The zero-order chi connectivity index (χ0) is 13.3. The third kappa shape index (κ3) is 1.99. The molecule has 1 aromatic heterocycles. The van der Waals surface area contributed by atoms with Gasteiger partial charge in [0, 0.05) is 30.2 Å². The van der Waals surface area contributed by atoms with E-state index in [9.17, 15) is 0 Å². The molecule has 0 amide bonds. The Hall–Kier alpha value is -1.48. The van der Waals surface area contributed by atoms with Gasteiger partial charge in [0.05, 0.1) is 7.11 Å². The van der Waals surface area contributed by atoms with Crippen LogP contribution >= 0.6 is 0 Å². The lowest BCUT2D eigenvalue weighted by Crippen LogP contribution is -2.09. The lowest BCUT2D eigenvalue weighted by molar-refractivity contribution is 0.415. The van der Waals surface area contributed by atoms with Gasteiger partial charge in [-0.1, -0.05) is 13.8 Å². The number of nitrogens with one attached hydrogen (secondary N) is 1. The van der Waals surface area contributed by atoms with Crippen molar-refractivity contribution in [2.45, 2.75) is 26.3 Å². The predicted molar refractivity (Wildman–Crippen MR) is 76.3 cm³/mol. The molecule has 0 saturated heterocycles. The maximum atomic E-state index is 5.34. The molecular weight excluding hydrogens is 224 g/mol. The Morgan fingerprint density at radius 3 is 2.61 bits per heavy atom. The monoisotopic (exact) mass is 246 g/mol. The minimum Gasteiger partial charge on any atom is -0.497 e. The Morgan fingerprint density at radius 1 is 1.33 bits per heavy atom. The number of hydrogen-bond donors (Lipinski definition) is 1. The topological polar surface area (TPSA) is 26.2 Å². The zero-order valence-corrected chi connectivity index (χ0v) is 11.9. The lowest BCUT2D eigenvalue weighted by atomic mass is 10.0. The maximum Gasteiger partial charge on any atom is 0.119 e. The van der Waals surface area contributed by atoms with Crippen LogP contribution in [0.1, 0.15) is 31.0 Å². The van der Waals surface area contributed by atoms with E-state index in [1.165, 1.54) is 22.2 Å². The van der Waals surface area contributed by atoms with Crippen LogP contribution in [0, 0.1) is 0 Å². The highest BCUT2D eigenvalue weighted by molar-refractivity contribution is 5.87. The van der Waals surface area contributed by atoms with Gasteiger partial charge in [-0.15, -0.1) is 0 Å². The molecule has 0 fully saturated rings. The molecular formula is C15H22N2O. The van der Waals surface area contributed by atoms with E-state index in [1.807, 2.05) is 13.1 Å². The minimum absolute atomic E-state index is 0.511. The Morgan fingerprint density at radius 2 is 2.06 bits per heavy atom. The summed E-state index contributed by atoms with van der Waals surface area (Å²) in [6, 6.07) is 6.29. The van der Waals surface area contributed by atoms with Crippen LogP contribution in [0.2, 0.25) is 0 Å². The van der Waals surface area contributed by atoms with Crippen LogP contribution in [0.3, 0.4) is 0 Å². The molecule has 3 nitrogen and oxygen atoms in total. The van der Waals surface area contributed by atoms with Crippen LogP contribution in [0.25, 0.3) is 10.9 Å². The summed E-state index contributed by atoms with van der Waals surface area (Å²) in [6.07, 6.45) is 0. The first-order chi connectivity index (χ1) is 8.60. The second kappa shape index (κ2) is 5.02. The van der Waals surface area contributed by atoms with Gasteiger partial charge in [-0.2, -0.15) is 0 Å². The van der Waals surface area contributed by atoms with Crippen LogP contribution < -0.4 is 10.1 Å². The molecule has 0 bridgehead atoms. The average molecular weight is 246 g/mol. The van der Waals surface area contributed by atoms with Crippen molar-refractivity contribution >= 4 is 10.9 Å². The van der Waals surface area contributed by atoms with Crippen LogP contribution in [0.15, 0.2) is 18.2 Å². The van der Waals surface area contributed by atoms with Gasteiger partial charge in [0.2, 0.25) is 0 Å². The van der Waals surface area contributed by atoms with Crippen molar-refractivity contribution in [1.82, 2.24) is 9.88 Å². The summed E-state index contributed by atoms with van der Waals surface area (Å²) in [4.78, 5) is 0. The molecule has 2 aromatic rings. The molecule has 0 atom stereocenters. The average Bonchev–Trinajstić information content (AvgIpc) is 2.63. The fraction of sp³-hybridized carbons (Fsp3) is 0.467. The number of rotatable bonds is 4. The van der Waals surface area contributed by atoms with Gasteiger partial charge in [-0.3, -0.25) is 0 Å². The fourth-order valence-corrected chi connectivity index (χ4v) is 2.74. The van der Waals surface area contributed by atoms with Crippen molar-refractivity contribution in [2.24, 2.45) is 7.05 Å². The van der Waals surface area contributed by atoms with Gasteiger partial charge in [0.1, 0.15) is 5.75 Å². The normalized spacial score (nSPS) is 11.4. The summed E-state index contributed by atoms with van der Waals surface area (Å²) in [5.74, 6) is 1.43. The summed E-state index contributed by atoms with van der Waals surface area (Å²) in [6.45, 7) is 5.37. The predicted octanol–water partition coefficient (Wildman–Crippen LogP) is 3.03. The number of aryl methyl sites for hydroxylation is 1. The van der Waals surface area contributed by atoms with Crippen molar-refractivity contribution < 1.29 is 4.74 Å². The second-order valence-corrected chi connectivity index (χ2v) is 4.99. The molecule has 0 spiro atoms. The van der Waals surface area contributed by atoms with E-state index in [4.69, 9.17) is 4.74 Å². The highest BCUT2D eigenvalue weighted by Crippen LogP contribution is 2.32. The van der Waals surface area contributed by atoms with E-state index in [0.29, 0.717) is 5.92 Å². The third-order valence-corrected chi connectivity index (χ3v) is 3.46. The number of ether oxygens (including phenoxy) is 1. The maximum absolute atomic E-state index is 5.34. The quantitative estimate of drug-likeness (QED) is 0.897. The van der Waals surface area contributed by atoms with Crippen LogP contribution in [0.5, 0.6) is 5.75 Å². The van der Waals surface area contributed by atoms with Gasteiger partial charge in [0.15, 0.2) is 0 Å². The number of methoxy groups -OCH3 is 1. The van der Waals surface area contributed by atoms with E-state index in [-0.39, 0.29) is 0 Å². The molecule has 0 saturated carbocycles. The highest BCUT2D eigenvalue weighted by atomic mass is 16.5. The second-order valence-electron chi connectivity index (χ2n) is 4.99. The molecule has 1 heterocycles. The van der Waals surface area contributed by atoms with Gasteiger partial charge >= 0.3 is 0 Å². The lowest BCUT2D eigenvalue weighted by Gasteiger charge is -2.11. The first kappa shape index (κ1) is 13.0. The van der Waals surface area contributed by atoms with Gasteiger partial charge in [-0.05, 0) is 36.7 Å². The minimum atomic E-state index is 0.511. The van der Waals surface area contributed by atoms with Crippen molar-refractivity contribution in [2.75, 3.05) is 14.2 Å². The summed E-state index contributed by atoms with van der Waals surface area (Å²) < 4.78 is 7.63. The van der Waals surface area contributed by atoms with Crippen molar-refractivity contribution in [1.29, 1.82) is 0 Å². The van der Waals surface area contributed by atoms with E-state index < -0.39 is 0 Å². The summed E-state index contributed by atoms with van der Waals surface area (Å²) in [7, 11) is 5.84.